The van der Waals surface area contributed by atoms with Gasteiger partial charge in [0.15, 0.2) is 10.9 Å². The molecule has 0 saturated heterocycles. The molecule has 1 aromatic carbocycles. The van der Waals surface area contributed by atoms with Gasteiger partial charge in [-0.2, -0.15) is 0 Å². The minimum absolute atomic E-state index is 0.00727. The molecule has 3 rings (SSSR count). The quantitative estimate of drug-likeness (QED) is 0.578. The first-order chi connectivity index (χ1) is 11.0. The number of aromatic nitrogens is 1. The van der Waals surface area contributed by atoms with Crippen molar-refractivity contribution in [2.45, 2.75) is 6.92 Å². The van der Waals surface area contributed by atoms with Crippen LogP contribution >= 0.6 is 11.3 Å². The van der Waals surface area contributed by atoms with Crippen molar-refractivity contribution in [3.8, 4) is 11.3 Å². The van der Waals surface area contributed by atoms with Crippen molar-refractivity contribution >= 4 is 28.1 Å². The summed E-state index contributed by atoms with van der Waals surface area (Å²) >= 11 is 1.23. The van der Waals surface area contributed by atoms with Crippen LogP contribution in [-0.2, 0) is 0 Å². The molecule has 0 atom stereocenters. The van der Waals surface area contributed by atoms with Gasteiger partial charge in [0.05, 0.1) is 10.6 Å². The van der Waals surface area contributed by atoms with Gasteiger partial charge in [0.1, 0.15) is 5.76 Å². The second kappa shape index (κ2) is 6.01. The Labute approximate surface area is 134 Å². The first-order valence-electron chi connectivity index (χ1n) is 6.61. The van der Waals surface area contributed by atoms with Crippen molar-refractivity contribution in [3.05, 3.63) is 63.4 Å². The average molecular weight is 329 g/mol. The Morgan fingerprint density at radius 1 is 1.35 bits per heavy atom. The molecule has 0 unspecified atom stereocenters. The Bertz CT molecular complexity index is 884. The molecule has 0 bridgehead atoms. The van der Waals surface area contributed by atoms with Gasteiger partial charge in [-0.1, -0.05) is 12.1 Å². The number of nitrogens with one attached hydrogen (secondary N) is 1. The lowest BCUT2D eigenvalue weighted by molar-refractivity contribution is -0.384. The molecule has 116 valence electrons. The number of rotatable bonds is 4. The number of carbonyl (C=O) groups is 1. The SMILES string of the molecule is Cc1ccc(C(=O)Nc2nc(-c3cccc([N+](=O)[O-])c3)cs2)o1. The number of benzene rings is 1. The minimum Gasteiger partial charge on any atom is -0.456 e. The molecule has 0 aliphatic carbocycles. The highest BCUT2D eigenvalue weighted by Crippen LogP contribution is 2.27. The molecule has 0 saturated carbocycles. The zero-order chi connectivity index (χ0) is 16.4. The number of thiazole rings is 1. The van der Waals surface area contributed by atoms with E-state index in [1.165, 1.54) is 23.5 Å². The number of anilines is 1. The summed E-state index contributed by atoms with van der Waals surface area (Å²) < 4.78 is 5.24. The highest BCUT2D eigenvalue weighted by atomic mass is 32.1. The van der Waals surface area contributed by atoms with Gasteiger partial charge in [-0.15, -0.1) is 11.3 Å². The number of nitro groups is 1. The lowest BCUT2D eigenvalue weighted by Gasteiger charge is -1.98. The molecule has 3 aromatic rings. The number of nitrogens with zero attached hydrogens (tertiary/aromatic N) is 2. The third-order valence-electron chi connectivity index (χ3n) is 3.04. The average Bonchev–Trinajstić information content (AvgIpc) is 3.16. The number of nitro benzene ring substituents is 1. The summed E-state index contributed by atoms with van der Waals surface area (Å²) in [5.74, 6) is 0.458. The van der Waals surface area contributed by atoms with Gasteiger partial charge in [-0.3, -0.25) is 20.2 Å². The van der Waals surface area contributed by atoms with E-state index in [-0.39, 0.29) is 11.4 Å². The van der Waals surface area contributed by atoms with Crippen molar-refractivity contribution < 1.29 is 14.1 Å². The first-order valence-corrected chi connectivity index (χ1v) is 7.49. The fraction of sp³-hybridized carbons (Fsp3) is 0.0667. The normalized spacial score (nSPS) is 10.5. The molecular formula is C15H11N3O4S. The monoisotopic (exact) mass is 329 g/mol. The standard InChI is InChI=1S/C15H11N3O4S/c1-9-5-6-13(22-9)14(19)17-15-16-12(8-23-15)10-3-2-4-11(7-10)18(20)21/h2-8H,1H3,(H,16,17,19). The fourth-order valence-corrected chi connectivity index (χ4v) is 2.67. The summed E-state index contributed by atoms with van der Waals surface area (Å²) in [6.07, 6.45) is 0. The summed E-state index contributed by atoms with van der Waals surface area (Å²) in [5.41, 5.74) is 1.17. The maximum Gasteiger partial charge on any atom is 0.293 e. The van der Waals surface area contributed by atoms with E-state index in [1.807, 2.05) is 0 Å². The third-order valence-corrected chi connectivity index (χ3v) is 3.80. The van der Waals surface area contributed by atoms with Crippen molar-refractivity contribution in [1.29, 1.82) is 0 Å². The van der Waals surface area contributed by atoms with Crippen molar-refractivity contribution in [2.75, 3.05) is 5.32 Å². The number of non-ortho nitro benzene ring substituents is 1. The number of hydrogen-bond acceptors (Lipinski definition) is 6. The fourth-order valence-electron chi connectivity index (χ4n) is 1.96. The molecule has 8 heteroatoms. The van der Waals surface area contributed by atoms with Gasteiger partial charge in [0, 0.05) is 23.1 Å². The highest BCUT2D eigenvalue weighted by molar-refractivity contribution is 7.14. The van der Waals surface area contributed by atoms with Crippen LogP contribution in [0, 0.1) is 17.0 Å². The van der Waals surface area contributed by atoms with Crippen LogP contribution in [0.2, 0.25) is 0 Å². The lowest BCUT2D eigenvalue weighted by atomic mass is 10.1. The van der Waals surface area contributed by atoms with Crippen molar-refractivity contribution in [1.82, 2.24) is 4.98 Å². The Morgan fingerprint density at radius 2 is 2.17 bits per heavy atom. The van der Waals surface area contributed by atoms with Crippen LogP contribution in [-0.4, -0.2) is 15.8 Å². The Balaban J connectivity index is 1.79. The van der Waals surface area contributed by atoms with Crippen LogP contribution in [0.3, 0.4) is 0 Å². The summed E-state index contributed by atoms with van der Waals surface area (Å²) in [6, 6.07) is 9.46. The molecule has 2 aromatic heterocycles. The maximum atomic E-state index is 12.0. The van der Waals surface area contributed by atoms with Gasteiger partial charge < -0.3 is 4.42 Å². The molecule has 1 N–H and O–H groups in total. The van der Waals surface area contributed by atoms with Crippen molar-refractivity contribution in [2.24, 2.45) is 0 Å². The molecule has 0 fully saturated rings. The Hall–Kier alpha value is -3.00. The third kappa shape index (κ3) is 3.27. The predicted molar refractivity (Wildman–Crippen MR) is 85.6 cm³/mol. The number of amides is 1. The molecule has 0 spiro atoms. The van der Waals surface area contributed by atoms with Crippen LogP contribution in [0.1, 0.15) is 16.3 Å². The van der Waals surface area contributed by atoms with E-state index in [1.54, 1.807) is 36.6 Å². The van der Waals surface area contributed by atoms with Crippen LogP contribution < -0.4 is 5.32 Å². The smallest absolute Gasteiger partial charge is 0.293 e. The zero-order valence-electron chi connectivity index (χ0n) is 12.0. The first kappa shape index (κ1) is 14.9. The van der Waals surface area contributed by atoms with Crippen LogP contribution in [0.25, 0.3) is 11.3 Å². The minimum atomic E-state index is -0.461. The summed E-state index contributed by atoms with van der Waals surface area (Å²) in [7, 11) is 0. The topological polar surface area (TPSA) is 98.3 Å². The van der Waals surface area contributed by atoms with E-state index in [9.17, 15) is 14.9 Å². The van der Waals surface area contributed by atoms with E-state index in [4.69, 9.17) is 4.42 Å². The number of hydrogen-bond donors (Lipinski definition) is 1. The zero-order valence-corrected chi connectivity index (χ0v) is 12.8. The molecular weight excluding hydrogens is 318 g/mol. The molecule has 0 radical (unpaired) electrons. The van der Waals surface area contributed by atoms with Gasteiger partial charge >= 0.3 is 0 Å². The van der Waals surface area contributed by atoms with Gasteiger partial charge in [-0.05, 0) is 19.1 Å². The summed E-state index contributed by atoms with van der Waals surface area (Å²) in [6.45, 7) is 1.75. The Kier molecular flexibility index (Phi) is 3.90. The van der Waals surface area contributed by atoms with Gasteiger partial charge in [0.25, 0.3) is 11.6 Å². The highest BCUT2D eigenvalue weighted by Gasteiger charge is 2.14. The van der Waals surface area contributed by atoms with E-state index in [0.29, 0.717) is 22.1 Å². The van der Waals surface area contributed by atoms with Crippen LogP contribution in [0.5, 0.6) is 0 Å². The number of aryl methyl sites for hydroxylation is 1. The van der Waals surface area contributed by atoms with Crippen LogP contribution in [0.15, 0.2) is 46.2 Å². The lowest BCUT2D eigenvalue weighted by Crippen LogP contribution is -2.10. The molecule has 7 nitrogen and oxygen atoms in total. The van der Waals surface area contributed by atoms with Crippen molar-refractivity contribution in [3.63, 3.8) is 0 Å². The van der Waals surface area contributed by atoms with E-state index >= 15 is 0 Å². The molecule has 23 heavy (non-hydrogen) atoms. The molecule has 2 heterocycles. The van der Waals surface area contributed by atoms with E-state index in [0.717, 1.165) is 0 Å². The number of furan rings is 1. The molecule has 0 aliphatic heterocycles. The largest absolute Gasteiger partial charge is 0.456 e. The Morgan fingerprint density at radius 3 is 2.87 bits per heavy atom. The second-order valence-corrected chi connectivity index (χ2v) is 5.57. The second-order valence-electron chi connectivity index (χ2n) is 4.71. The van der Waals surface area contributed by atoms with E-state index < -0.39 is 10.8 Å². The molecule has 1 amide bonds. The predicted octanol–water partition coefficient (Wildman–Crippen LogP) is 3.87. The van der Waals surface area contributed by atoms with Gasteiger partial charge in [0.2, 0.25) is 0 Å². The number of carbonyl (C=O) groups excluding carboxylic acids is 1. The molecule has 0 aliphatic rings. The maximum absolute atomic E-state index is 12.0. The van der Waals surface area contributed by atoms with Gasteiger partial charge in [-0.25, -0.2) is 4.98 Å². The van der Waals surface area contributed by atoms with Crippen LogP contribution in [0.4, 0.5) is 10.8 Å². The summed E-state index contributed by atoms with van der Waals surface area (Å²) in [5, 5.41) is 15.6. The summed E-state index contributed by atoms with van der Waals surface area (Å²) in [4.78, 5) is 26.6. The van der Waals surface area contributed by atoms with E-state index in [2.05, 4.69) is 10.3 Å².